The number of rotatable bonds is 9. The fraction of sp³-hybridized carbons (Fsp3) is 0.600. The summed E-state index contributed by atoms with van der Waals surface area (Å²) in [7, 11) is 0. The summed E-state index contributed by atoms with van der Waals surface area (Å²) in [6.07, 6.45) is 4.04. The zero-order chi connectivity index (χ0) is 22.5. The molecule has 6 nitrogen and oxygen atoms in total. The van der Waals surface area contributed by atoms with Crippen molar-refractivity contribution in [3.63, 3.8) is 0 Å². The summed E-state index contributed by atoms with van der Waals surface area (Å²) in [6.45, 7) is 16.0. The topological polar surface area (TPSA) is 38.7 Å². The average molecular weight is 457 g/mol. The first-order chi connectivity index (χ1) is 15.6. The number of piperazine rings is 1. The van der Waals surface area contributed by atoms with E-state index in [4.69, 9.17) is 16.6 Å². The van der Waals surface area contributed by atoms with Gasteiger partial charge in [-0.3, -0.25) is 0 Å². The van der Waals surface area contributed by atoms with E-state index >= 15 is 0 Å². The van der Waals surface area contributed by atoms with Gasteiger partial charge in [-0.1, -0.05) is 44.5 Å². The first-order valence-electron chi connectivity index (χ1n) is 12.1. The van der Waals surface area contributed by atoms with Crippen LogP contribution in [0, 0.1) is 0 Å². The Kier molecular flexibility index (Phi) is 8.00. The number of anilines is 1. The van der Waals surface area contributed by atoms with E-state index in [0.717, 1.165) is 70.3 Å². The Morgan fingerprint density at radius 3 is 2.41 bits per heavy atom. The number of hydrogen-bond donors (Lipinski definition) is 0. The van der Waals surface area contributed by atoms with Crippen molar-refractivity contribution in [1.82, 2.24) is 24.9 Å². The van der Waals surface area contributed by atoms with Gasteiger partial charge in [0.05, 0.1) is 0 Å². The number of nitrogens with zero attached hydrogens (tertiary/aromatic N) is 6. The summed E-state index contributed by atoms with van der Waals surface area (Å²) in [5.74, 6) is 1.74. The largest absolute Gasteiger partial charge is 0.354 e. The summed E-state index contributed by atoms with van der Waals surface area (Å²) < 4.78 is 0. The smallest absolute Gasteiger partial charge is 0.135 e. The lowest BCUT2D eigenvalue weighted by molar-refractivity contribution is -0.0422. The zero-order valence-electron chi connectivity index (χ0n) is 19.8. The second-order valence-electron chi connectivity index (χ2n) is 8.98. The number of halogens is 1. The summed E-state index contributed by atoms with van der Waals surface area (Å²) >= 11 is 6.12. The monoisotopic (exact) mass is 456 g/mol. The van der Waals surface area contributed by atoms with Gasteiger partial charge in [0.1, 0.15) is 12.1 Å². The summed E-state index contributed by atoms with van der Waals surface area (Å²) in [6, 6.07) is 8.28. The molecule has 2 aromatic rings. The predicted molar refractivity (Wildman–Crippen MR) is 132 cm³/mol. The molecule has 1 aliphatic heterocycles. The van der Waals surface area contributed by atoms with Crippen molar-refractivity contribution in [3.05, 3.63) is 52.4 Å². The van der Waals surface area contributed by atoms with Gasteiger partial charge in [-0.15, -0.1) is 0 Å². The molecule has 2 heterocycles. The molecule has 1 aromatic heterocycles. The highest BCUT2D eigenvalue weighted by atomic mass is 35.5. The molecule has 1 atom stereocenters. The molecule has 1 aliphatic carbocycles. The van der Waals surface area contributed by atoms with E-state index < -0.39 is 0 Å². The summed E-state index contributed by atoms with van der Waals surface area (Å²) in [5, 5.41) is 5.87. The minimum Gasteiger partial charge on any atom is -0.354 e. The van der Waals surface area contributed by atoms with Crippen LogP contribution in [0.25, 0.3) is 0 Å². The van der Waals surface area contributed by atoms with Gasteiger partial charge in [-0.2, -0.15) is 0 Å². The van der Waals surface area contributed by atoms with E-state index in [9.17, 15) is 0 Å². The fourth-order valence-corrected chi connectivity index (χ4v) is 5.11. The van der Waals surface area contributed by atoms with Gasteiger partial charge >= 0.3 is 0 Å². The van der Waals surface area contributed by atoms with Crippen molar-refractivity contribution >= 4 is 17.4 Å². The van der Waals surface area contributed by atoms with Crippen molar-refractivity contribution in [2.45, 2.75) is 46.1 Å². The van der Waals surface area contributed by atoms with Gasteiger partial charge < -0.3 is 9.80 Å². The van der Waals surface area contributed by atoms with Gasteiger partial charge in [0.2, 0.25) is 0 Å². The van der Waals surface area contributed by atoms with Crippen molar-refractivity contribution in [1.29, 1.82) is 0 Å². The molecule has 0 bridgehead atoms. The van der Waals surface area contributed by atoms with Crippen LogP contribution in [-0.2, 0) is 13.0 Å². The first-order valence-corrected chi connectivity index (χ1v) is 12.5. The van der Waals surface area contributed by atoms with E-state index in [2.05, 4.69) is 57.7 Å². The molecule has 32 heavy (non-hydrogen) atoms. The van der Waals surface area contributed by atoms with Gasteiger partial charge in [0.15, 0.2) is 0 Å². The van der Waals surface area contributed by atoms with E-state index in [0.29, 0.717) is 5.92 Å². The van der Waals surface area contributed by atoms with E-state index in [1.165, 1.54) is 29.1 Å². The molecule has 174 valence electrons. The van der Waals surface area contributed by atoms with Crippen molar-refractivity contribution < 1.29 is 0 Å². The van der Waals surface area contributed by atoms with Crippen LogP contribution in [0.15, 0.2) is 30.6 Å². The van der Waals surface area contributed by atoms with Crippen molar-refractivity contribution in [2.24, 2.45) is 0 Å². The number of hydrogen-bond acceptors (Lipinski definition) is 6. The van der Waals surface area contributed by atoms with Crippen LogP contribution in [-0.4, -0.2) is 77.2 Å². The lowest BCUT2D eigenvalue weighted by Gasteiger charge is -2.42. The standard InChI is InChI=1S/C25H37ClN6/c1-4-29(5-2)12-15-32(18-21-7-9-22(26)10-8-21)31-16-13-30(14-17-31)25-24-20(3)6-11-23(24)27-19-28-25/h7-10,19-20H,4-6,11-18H2,1-3H3/t20-/m1/s1. The minimum absolute atomic E-state index is 0.565. The van der Waals surface area contributed by atoms with Crippen LogP contribution < -0.4 is 4.90 Å². The molecule has 1 saturated heterocycles. The Morgan fingerprint density at radius 2 is 1.72 bits per heavy atom. The Hall–Kier alpha value is -1.73. The molecule has 0 spiro atoms. The summed E-state index contributed by atoms with van der Waals surface area (Å²) in [5.41, 5.74) is 3.95. The molecule has 0 radical (unpaired) electrons. The molecule has 7 heteroatoms. The highest BCUT2D eigenvalue weighted by Gasteiger charge is 2.29. The average Bonchev–Trinajstić information content (AvgIpc) is 3.21. The summed E-state index contributed by atoms with van der Waals surface area (Å²) in [4.78, 5) is 14.2. The highest BCUT2D eigenvalue weighted by Crippen LogP contribution is 2.37. The number of likely N-dealkylation sites (N-methyl/N-ethyl adjacent to an activating group) is 1. The van der Waals surface area contributed by atoms with Crippen molar-refractivity contribution in [3.8, 4) is 0 Å². The number of hydrazine groups is 1. The maximum Gasteiger partial charge on any atom is 0.135 e. The SMILES string of the molecule is CCN(CC)CCN(Cc1ccc(Cl)cc1)N1CCN(c2ncnc3c2[C@H](C)CC3)CC1. The number of aryl methyl sites for hydroxylation is 1. The lowest BCUT2D eigenvalue weighted by Crippen LogP contribution is -2.55. The highest BCUT2D eigenvalue weighted by molar-refractivity contribution is 6.30. The minimum atomic E-state index is 0.565. The Labute approximate surface area is 198 Å². The van der Waals surface area contributed by atoms with Gasteiger partial charge in [0.25, 0.3) is 0 Å². The second-order valence-corrected chi connectivity index (χ2v) is 9.42. The number of fused-ring (bicyclic) bond motifs is 1. The van der Waals surface area contributed by atoms with Crippen LogP contribution in [0.5, 0.6) is 0 Å². The second kappa shape index (κ2) is 10.9. The Morgan fingerprint density at radius 1 is 1.00 bits per heavy atom. The van der Waals surface area contributed by atoms with E-state index in [-0.39, 0.29) is 0 Å². The molecule has 4 rings (SSSR count). The van der Waals surface area contributed by atoms with Gasteiger partial charge in [-0.05, 0) is 49.5 Å². The molecule has 0 N–H and O–H groups in total. The third-order valence-electron chi connectivity index (χ3n) is 7.06. The molecule has 1 fully saturated rings. The Balaban J connectivity index is 1.43. The van der Waals surface area contributed by atoms with Gasteiger partial charge in [-0.25, -0.2) is 20.0 Å². The molecule has 0 amide bonds. The predicted octanol–water partition coefficient (Wildman–Crippen LogP) is 4.06. The van der Waals surface area contributed by atoms with Crippen LogP contribution in [0.3, 0.4) is 0 Å². The van der Waals surface area contributed by atoms with Crippen LogP contribution in [0.2, 0.25) is 5.02 Å². The normalized spacial score (nSPS) is 19.2. The molecular weight excluding hydrogens is 420 g/mol. The molecule has 2 aliphatic rings. The molecule has 1 aromatic carbocycles. The van der Waals surface area contributed by atoms with E-state index in [1.807, 2.05) is 12.1 Å². The first kappa shape index (κ1) is 23.4. The maximum absolute atomic E-state index is 6.12. The lowest BCUT2D eigenvalue weighted by atomic mass is 10.1. The van der Waals surface area contributed by atoms with Crippen LogP contribution in [0.4, 0.5) is 5.82 Å². The van der Waals surface area contributed by atoms with E-state index in [1.54, 1.807) is 6.33 Å². The fourth-order valence-electron chi connectivity index (χ4n) is 4.98. The zero-order valence-corrected chi connectivity index (χ0v) is 20.6. The number of aromatic nitrogens is 2. The molecule has 0 unspecified atom stereocenters. The van der Waals surface area contributed by atoms with Crippen LogP contribution >= 0.6 is 11.6 Å². The van der Waals surface area contributed by atoms with Crippen molar-refractivity contribution in [2.75, 3.05) is 57.3 Å². The maximum atomic E-state index is 6.12. The third-order valence-corrected chi connectivity index (χ3v) is 7.31. The van der Waals surface area contributed by atoms with Crippen LogP contribution in [0.1, 0.15) is 49.9 Å². The van der Waals surface area contributed by atoms with Gasteiger partial charge in [0, 0.05) is 62.1 Å². The quantitative estimate of drug-likeness (QED) is 0.566. The Bertz CT molecular complexity index is 861. The molecule has 0 saturated carbocycles. The number of benzene rings is 1. The molecular formula is C25H37ClN6. The third kappa shape index (κ3) is 5.42.